The molecule has 0 fully saturated rings. The molecule has 3 aromatic rings. The van der Waals surface area contributed by atoms with Crippen LogP contribution in [0.4, 0.5) is 11.5 Å². The Morgan fingerprint density at radius 1 is 1.26 bits per heavy atom. The highest BCUT2D eigenvalue weighted by Gasteiger charge is 2.21. The molecule has 6 nitrogen and oxygen atoms in total. The van der Waals surface area contributed by atoms with Crippen LogP contribution < -0.4 is 16.2 Å². The first kappa shape index (κ1) is 14.7. The molecule has 0 aliphatic carbocycles. The highest BCUT2D eigenvalue weighted by molar-refractivity contribution is 5.93. The second kappa shape index (κ2) is 5.21. The van der Waals surface area contributed by atoms with Gasteiger partial charge in [0.2, 0.25) is 0 Å². The van der Waals surface area contributed by atoms with Crippen molar-refractivity contribution in [2.24, 2.45) is 0 Å². The van der Waals surface area contributed by atoms with Crippen LogP contribution in [0.15, 0.2) is 24.4 Å². The average Bonchev–Trinajstić information content (AvgIpc) is 2.79. The van der Waals surface area contributed by atoms with Crippen molar-refractivity contribution in [2.45, 2.75) is 13.8 Å². The summed E-state index contributed by atoms with van der Waals surface area (Å²) in [6, 6.07) is 7.73. The lowest BCUT2D eigenvalue weighted by molar-refractivity contribution is 0.411. The number of anilines is 2. The van der Waals surface area contributed by atoms with Gasteiger partial charge in [-0.05, 0) is 31.5 Å². The van der Waals surface area contributed by atoms with E-state index in [0.29, 0.717) is 28.1 Å². The van der Waals surface area contributed by atoms with E-state index >= 15 is 0 Å². The maximum absolute atomic E-state index is 9.47. The van der Waals surface area contributed by atoms with Gasteiger partial charge in [0.15, 0.2) is 0 Å². The second-order valence-corrected chi connectivity index (χ2v) is 5.41. The Morgan fingerprint density at radius 2 is 2.00 bits per heavy atom. The van der Waals surface area contributed by atoms with Gasteiger partial charge < -0.3 is 16.2 Å². The zero-order valence-corrected chi connectivity index (χ0v) is 13.2. The summed E-state index contributed by atoms with van der Waals surface area (Å²) in [5.74, 6) is 1.10. The number of nitrogen functional groups attached to an aromatic ring is 2. The summed E-state index contributed by atoms with van der Waals surface area (Å²) in [4.78, 5) is 4.39. The smallest absolute Gasteiger partial charge is 0.147 e. The molecule has 0 bridgehead atoms. The third-order valence-corrected chi connectivity index (χ3v) is 4.00. The van der Waals surface area contributed by atoms with E-state index in [4.69, 9.17) is 16.2 Å². The van der Waals surface area contributed by atoms with Gasteiger partial charge in [-0.15, -0.1) is 0 Å². The summed E-state index contributed by atoms with van der Waals surface area (Å²) in [5, 5.41) is 10.1. The fourth-order valence-electron chi connectivity index (χ4n) is 2.93. The first-order chi connectivity index (χ1) is 11.0. The Balaban J connectivity index is 2.48. The van der Waals surface area contributed by atoms with Crippen LogP contribution in [0.1, 0.15) is 16.7 Å². The Morgan fingerprint density at radius 3 is 2.65 bits per heavy atom. The minimum Gasteiger partial charge on any atom is -0.496 e. The van der Waals surface area contributed by atoms with E-state index in [1.807, 2.05) is 26.0 Å². The van der Waals surface area contributed by atoms with Crippen molar-refractivity contribution in [3.63, 3.8) is 0 Å². The van der Waals surface area contributed by atoms with Gasteiger partial charge in [0.1, 0.15) is 28.8 Å². The molecule has 1 aromatic carbocycles. The van der Waals surface area contributed by atoms with Crippen molar-refractivity contribution < 1.29 is 4.74 Å². The number of ether oxygens (including phenoxy) is 1. The van der Waals surface area contributed by atoms with Crippen LogP contribution in [0, 0.1) is 25.2 Å². The molecule has 4 N–H and O–H groups in total. The number of hydrogen-bond donors (Lipinski definition) is 2. The van der Waals surface area contributed by atoms with Crippen LogP contribution in [0.5, 0.6) is 5.75 Å². The van der Waals surface area contributed by atoms with Crippen molar-refractivity contribution >= 4 is 22.5 Å². The van der Waals surface area contributed by atoms with Crippen molar-refractivity contribution in [3.05, 3.63) is 41.1 Å². The number of hydrogen-bond acceptors (Lipinski definition) is 5. The molecule has 3 rings (SSSR count). The van der Waals surface area contributed by atoms with Gasteiger partial charge in [-0.25, -0.2) is 4.98 Å². The van der Waals surface area contributed by atoms with Gasteiger partial charge >= 0.3 is 0 Å². The molecule has 0 spiro atoms. The van der Waals surface area contributed by atoms with Gasteiger partial charge in [0, 0.05) is 10.9 Å². The summed E-state index contributed by atoms with van der Waals surface area (Å²) < 4.78 is 7.20. The molecule has 0 saturated heterocycles. The van der Waals surface area contributed by atoms with Gasteiger partial charge in [-0.1, -0.05) is 6.07 Å². The molecule has 0 aliphatic heterocycles. The van der Waals surface area contributed by atoms with Crippen LogP contribution in [0.2, 0.25) is 0 Å². The fraction of sp³-hybridized carbons (Fsp3) is 0.176. The number of nitrogens with zero attached hydrogens (tertiary/aromatic N) is 3. The van der Waals surface area contributed by atoms with Crippen molar-refractivity contribution in [3.8, 4) is 17.5 Å². The molecule has 23 heavy (non-hydrogen) atoms. The molecular weight excluding hydrogens is 290 g/mol. The fourth-order valence-corrected chi connectivity index (χ4v) is 2.93. The maximum atomic E-state index is 9.47. The topological polar surface area (TPSA) is 103 Å². The number of nitrogens with two attached hydrogens (primary N) is 2. The first-order valence-corrected chi connectivity index (χ1v) is 7.09. The summed E-state index contributed by atoms with van der Waals surface area (Å²) in [7, 11) is 1.62. The molecule has 0 amide bonds. The number of pyridine rings is 1. The molecule has 116 valence electrons. The molecule has 0 radical (unpaired) electrons. The summed E-state index contributed by atoms with van der Waals surface area (Å²) in [5.41, 5.74) is 16.3. The zero-order chi connectivity index (χ0) is 16.7. The average molecular weight is 307 g/mol. The Hall–Kier alpha value is -3.20. The van der Waals surface area contributed by atoms with Crippen molar-refractivity contribution in [1.82, 2.24) is 9.55 Å². The van der Waals surface area contributed by atoms with E-state index in [9.17, 15) is 5.26 Å². The maximum Gasteiger partial charge on any atom is 0.147 e. The Kier molecular flexibility index (Phi) is 3.34. The van der Waals surface area contributed by atoms with Crippen LogP contribution in [-0.4, -0.2) is 16.7 Å². The predicted octanol–water partition coefficient (Wildman–Crippen LogP) is 2.69. The van der Waals surface area contributed by atoms with E-state index in [-0.39, 0.29) is 0 Å². The number of aryl methyl sites for hydroxylation is 1. The van der Waals surface area contributed by atoms with E-state index in [1.54, 1.807) is 23.9 Å². The Labute approximate surface area is 133 Å². The lowest BCUT2D eigenvalue weighted by Crippen LogP contribution is -2.06. The third-order valence-electron chi connectivity index (χ3n) is 4.00. The number of fused-ring (bicyclic) bond motifs is 1. The monoisotopic (exact) mass is 307 g/mol. The van der Waals surface area contributed by atoms with Gasteiger partial charge in [0.05, 0.1) is 24.7 Å². The molecule has 0 unspecified atom stereocenters. The normalized spacial score (nSPS) is 10.7. The molecule has 0 saturated carbocycles. The van der Waals surface area contributed by atoms with E-state index in [1.165, 1.54) is 0 Å². The summed E-state index contributed by atoms with van der Waals surface area (Å²) in [6.07, 6.45) is 1.56. The van der Waals surface area contributed by atoms with Gasteiger partial charge in [-0.3, -0.25) is 4.57 Å². The van der Waals surface area contributed by atoms with Crippen molar-refractivity contribution in [2.75, 3.05) is 18.6 Å². The number of nitriles is 1. The van der Waals surface area contributed by atoms with Crippen LogP contribution >= 0.6 is 0 Å². The SMILES string of the molecule is COc1ccc(C)c(-n2c(N)c(C#N)c3cc(N)cnc32)c1C. The molecule has 2 heterocycles. The van der Waals surface area contributed by atoms with E-state index in [2.05, 4.69) is 11.1 Å². The highest BCUT2D eigenvalue weighted by atomic mass is 16.5. The van der Waals surface area contributed by atoms with Gasteiger partial charge in [-0.2, -0.15) is 5.26 Å². The molecular formula is C17H17N5O. The number of benzene rings is 1. The van der Waals surface area contributed by atoms with E-state index < -0.39 is 0 Å². The summed E-state index contributed by atoms with van der Waals surface area (Å²) >= 11 is 0. The zero-order valence-electron chi connectivity index (χ0n) is 13.2. The predicted molar refractivity (Wildman–Crippen MR) is 90.6 cm³/mol. The lowest BCUT2D eigenvalue weighted by atomic mass is 10.1. The first-order valence-electron chi connectivity index (χ1n) is 7.09. The van der Waals surface area contributed by atoms with Crippen LogP contribution in [0.25, 0.3) is 16.7 Å². The molecule has 0 atom stereocenters. The molecule has 2 aromatic heterocycles. The minimum absolute atomic E-state index is 0.347. The lowest BCUT2D eigenvalue weighted by Gasteiger charge is -2.16. The van der Waals surface area contributed by atoms with Crippen LogP contribution in [0.3, 0.4) is 0 Å². The quantitative estimate of drug-likeness (QED) is 0.757. The van der Waals surface area contributed by atoms with Gasteiger partial charge in [0.25, 0.3) is 0 Å². The Bertz CT molecular complexity index is 965. The molecule has 0 aliphatic rings. The highest BCUT2D eigenvalue weighted by Crippen LogP contribution is 2.35. The second-order valence-electron chi connectivity index (χ2n) is 5.41. The standard InChI is InChI=1S/C17H17N5O/c1-9-4-5-14(23-3)10(2)15(9)22-16(20)13(7-18)12-6-11(19)8-21-17(12)22/h4-6,8H,19-20H2,1-3H3. The number of aromatic nitrogens is 2. The molecule has 6 heteroatoms. The summed E-state index contributed by atoms with van der Waals surface area (Å²) in [6.45, 7) is 3.94. The number of rotatable bonds is 2. The number of methoxy groups -OCH3 is 1. The largest absolute Gasteiger partial charge is 0.496 e. The minimum atomic E-state index is 0.347. The van der Waals surface area contributed by atoms with E-state index in [0.717, 1.165) is 22.6 Å². The third kappa shape index (κ3) is 2.06. The van der Waals surface area contributed by atoms with Crippen LogP contribution in [-0.2, 0) is 0 Å². The van der Waals surface area contributed by atoms with Crippen molar-refractivity contribution in [1.29, 1.82) is 5.26 Å².